The lowest BCUT2D eigenvalue weighted by Crippen LogP contribution is -2.30. The van der Waals surface area contributed by atoms with Gasteiger partial charge in [-0.3, -0.25) is 14.9 Å². The molecule has 1 N–H and O–H groups in total. The standard InChI is InChI=1S/C13H16N2O3/c1-8(2)14-13(16)11-5-10(9-3-4-9)6-12(7-11)15(17)18/h5-9H,3-4H2,1-2H3,(H,14,16). The molecule has 0 radical (unpaired) electrons. The number of hydrogen-bond acceptors (Lipinski definition) is 3. The van der Waals surface area contributed by atoms with Crippen LogP contribution in [0.25, 0.3) is 0 Å². The van der Waals surface area contributed by atoms with Crippen molar-refractivity contribution in [2.75, 3.05) is 0 Å². The summed E-state index contributed by atoms with van der Waals surface area (Å²) in [6, 6.07) is 4.69. The maximum Gasteiger partial charge on any atom is 0.270 e. The SMILES string of the molecule is CC(C)NC(=O)c1cc(C2CC2)cc([N+](=O)[O-])c1. The van der Waals surface area contributed by atoms with Gasteiger partial charge < -0.3 is 5.32 Å². The highest BCUT2D eigenvalue weighted by Gasteiger charge is 2.26. The summed E-state index contributed by atoms with van der Waals surface area (Å²) in [5.41, 5.74) is 1.27. The van der Waals surface area contributed by atoms with Gasteiger partial charge >= 0.3 is 0 Å². The van der Waals surface area contributed by atoms with Crippen molar-refractivity contribution in [1.29, 1.82) is 0 Å². The molecule has 1 aromatic rings. The van der Waals surface area contributed by atoms with Crippen molar-refractivity contribution in [3.8, 4) is 0 Å². The van der Waals surface area contributed by atoms with Gasteiger partial charge in [0, 0.05) is 23.7 Å². The van der Waals surface area contributed by atoms with Gasteiger partial charge in [0.15, 0.2) is 0 Å². The van der Waals surface area contributed by atoms with Crippen molar-refractivity contribution < 1.29 is 9.72 Å². The fourth-order valence-electron chi connectivity index (χ4n) is 1.87. The Bertz CT molecular complexity index is 493. The molecule has 96 valence electrons. The molecule has 5 nitrogen and oxygen atoms in total. The first-order valence-corrected chi connectivity index (χ1v) is 6.07. The van der Waals surface area contributed by atoms with Gasteiger partial charge in [-0.05, 0) is 44.2 Å². The third-order valence-corrected chi connectivity index (χ3v) is 2.88. The average molecular weight is 248 g/mol. The third kappa shape index (κ3) is 2.85. The second kappa shape index (κ2) is 4.76. The summed E-state index contributed by atoms with van der Waals surface area (Å²) in [7, 11) is 0. The fourth-order valence-corrected chi connectivity index (χ4v) is 1.87. The monoisotopic (exact) mass is 248 g/mol. The van der Waals surface area contributed by atoms with Crippen LogP contribution in [0.5, 0.6) is 0 Å². The first-order chi connectivity index (χ1) is 8.47. The first-order valence-electron chi connectivity index (χ1n) is 6.07. The zero-order valence-corrected chi connectivity index (χ0v) is 10.5. The first kappa shape index (κ1) is 12.5. The van der Waals surface area contributed by atoms with Crippen molar-refractivity contribution in [3.05, 3.63) is 39.4 Å². The van der Waals surface area contributed by atoms with Gasteiger partial charge in [0.05, 0.1) is 4.92 Å². The Balaban J connectivity index is 2.33. The number of carbonyl (C=O) groups excluding carboxylic acids is 1. The minimum Gasteiger partial charge on any atom is -0.350 e. The summed E-state index contributed by atoms with van der Waals surface area (Å²) < 4.78 is 0. The molecule has 2 rings (SSSR count). The van der Waals surface area contributed by atoms with Crippen LogP contribution in [0.15, 0.2) is 18.2 Å². The molecule has 0 atom stereocenters. The average Bonchev–Trinajstić information content (AvgIpc) is 3.11. The molecule has 0 saturated heterocycles. The number of nitrogens with one attached hydrogen (secondary N) is 1. The largest absolute Gasteiger partial charge is 0.350 e. The molecule has 1 fully saturated rings. The van der Waals surface area contributed by atoms with Gasteiger partial charge in [0.1, 0.15) is 0 Å². The zero-order valence-electron chi connectivity index (χ0n) is 10.5. The maximum absolute atomic E-state index is 11.9. The van der Waals surface area contributed by atoms with E-state index in [1.807, 2.05) is 13.8 Å². The molecule has 1 saturated carbocycles. The van der Waals surface area contributed by atoms with Crippen molar-refractivity contribution in [3.63, 3.8) is 0 Å². The molecular weight excluding hydrogens is 232 g/mol. The van der Waals surface area contributed by atoms with Gasteiger partial charge in [-0.1, -0.05) is 0 Å². The molecule has 1 aliphatic rings. The van der Waals surface area contributed by atoms with Gasteiger partial charge in [0.25, 0.3) is 11.6 Å². The van der Waals surface area contributed by atoms with E-state index in [0.29, 0.717) is 11.5 Å². The van der Waals surface area contributed by atoms with E-state index in [0.717, 1.165) is 18.4 Å². The van der Waals surface area contributed by atoms with Crippen LogP contribution >= 0.6 is 0 Å². The van der Waals surface area contributed by atoms with Crippen LogP contribution in [0.3, 0.4) is 0 Å². The normalized spacial score (nSPS) is 14.6. The molecule has 1 amide bonds. The number of carbonyl (C=O) groups is 1. The molecule has 0 bridgehead atoms. The van der Waals surface area contributed by atoms with Crippen LogP contribution in [-0.4, -0.2) is 16.9 Å². The molecule has 5 heteroatoms. The van der Waals surface area contributed by atoms with Crippen molar-refractivity contribution >= 4 is 11.6 Å². The van der Waals surface area contributed by atoms with Crippen molar-refractivity contribution in [1.82, 2.24) is 5.32 Å². The number of nitrogens with zero attached hydrogens (tertiary/aromatic N) is 1. The minimum atomic E-state index is -0.446. The second-order valence-electron chi connectivity index (χ2n) is 4.97. The molecule has 0 heterocycles. The Kier molecular flexibility index (Phi) is 3.32. The molecule has 18 heavy (non-hydrogen) atoms. The van der Waals surface area contributed by atoms with Gasteiger partial charge in [-0.2, -0.15) is 0 Å². The Labute approximate surface area is 105 Å². The van der Waals surface area contributed by atoms with E-state index in [2.05, 4.69) is 5.32 Å². The van der Waals surface area contributed by atoms with E-state index in [1.54, 1.807) is 12.1 Å². The van der Waals surface area contributed by atoms with Gasteiger partial charge in [-0.25, -0.2) is 0 Å². The fraction of sp³-hybridized carbons (Fsp3) is 0.462. The number of non-ortho nitro benzene ring substituents is 1. The Hall–Kier alpha value is -1.91. The topological polar surface area (TPSA) is 72.2 Å². The zero-order chi connectivity index (χ0) is 13.3. The smallest absolute Gasteiger partial charge is 0.270 e. The summed E-state index contributed by atoms with van der Waals surface area (Å²) in [5, 5.41) is 13.6. The summed E-state index contributed by atoms with van der Waals surface area (Å²) >= 11 is 0. The minimum absolute atomic E-state index is 0.00620. The summed E-state index contributed by atoms with van der Waals surface area (Å²) in [5.74, 6) is 0.131. The Morgan fingerprint density at radius 1 is 1.39 bits per heavy atom. The van der Waals surface area contributed by atoms with Crippen LogP contribution in [0.1, 0.15) is 48.5 Å². The van der Waals surface area contributed by atoms with Crippen molar-refractivity contribution in [2.45, 2.75) is 38.6 Å². The van der Waals surface area contributed by atoms with Crippen LogP contribution in [0, 0.1) is 10.1 Å². The van der Waals surface area contributed by atoms with Crippen LogP contribution < -0.4 is 5.32 Å². The number of amides is 1. The number of hydrogen-bond donors (Lipinski definition) is 1. The predicted molar refractivity (Wildman–Crippen MR) is 67.7 cm³/mol. The van der Waals surface area contributed by atoms with E-state index in [-0.39, 0.29) is 17.6 Å². The Morgan fingerprint density at radius 2 is 2.06 bits per heavy atom. The second-order valence-corrected chi connectivity index (χ2v) is 4.97. The van der Waals surface area contributed by atoms with Crippen molar-refractivity contribution in [2.24, 2.45) is 0 Å². The molecule has 1 aromatic carbocycles. The predicted octanol–water partition coefficient (Wildman–Crippen LogP) is 2.61. The number of rotatable bonds is 4. The summed E-state index contributed by atoms with van der Waals surface area (Å²) in [4.78, 5) is 22.3. The van der Waals surface area contributed by atoms with E-state index in [4.69, 9.17) is 0 Å². The third-order valence-electron chi connectivity index (χ3n) is 2.88. The van der Waals surface area contributed by atoms with E-state index in [1.165, 1.54) is 6.07 Å². The molecule has 0 unspecified atom stereocenters. The molecule has 1 aliphatic carbocycles. The number of benzene rings is 1. The van der Waals surface area contributed by atoms with E-state index < -0.39 is 4.92 Å². The number of nitro groups is 1. The highest BCUT2D eigenvalue weighted by Crippen LogP contribution is 2.41. The summed E-state index contributed by atoms with van der Waals surface area (Å²) in [6.45, 7) is 3.72. The lowest BCUT2D eigenvalue weighted by atomic mass is 10.0. The Morgan fingerprint density at radius 3 is 2.56 bits per heavy atom. The molecule has 0 aliphatic heterocycles. The molecule has 0 aromatic heterocycles. The highest BCUT2D eigenvalue weighted by atomic mass is 16.6. The van der Waals surface area contributed by atoms with Crippen LogP contribution in [-0.2, 0) is 0 Å². The quantitative estimate of drug-likeness (QED) is 0.657. The van der Waals surface area contributed by atoms with Gasteiger partial charge in [0.2, 0.25) is 0 Å². The maximum atomic E-state index is 11.9. The van der Waals surface area contributed by atoms with E-state index in [9.17, 15) is 14.9 Å². The van der Waals surface area contributed by atoms with Crippen LogP contribution in [0.2, 0.25) is 0 Å². The summed E-state index contributed by atoms with van der Waals surface area (Å²) in [6.07, 6.45) is 2.10. The highest BCUT2D eigenvalue weighted by molar-refractivity contribution is 5.95. The lowest BCUT2D eigenvalue weighted by molar-refractivity contribution is -0.384. The lowest BCUT2D eigenvalue weighted by Gasteiger charge is -2.09. The van der Waals surface area contributed by atoms with Gasteiger partial charge in [-0.15, -0.1) is 0 Å². The van der Waals surface area contributed by atoms with E-state index >= 15 is 0 Å². The number of nitro benzene ring substituents is 1. The van der Waals surface area contributed by atoms with Crippen LogP contribution in [0.4, 0.5) is 5.69 Å². The molecule has 0 spiro atoms. The molecular formula is C13H16N2O3.